The monoisotopic (exact) mass is 359 g/mol. The number of sulfonamides is 1. The zero-order valence-electron chi connectivity index (χ0n) is 13.1. The van der Waals surface area contributed by atoms with E-state index in [-0.39, 0.29) is 4.90 Å². The van der Waals surface area contributed by atoms with Crippen molar-refractivity contribution in [2.75, 3.05) is 10.5 Å². The van der Waals surface area contributed by atoms with Gasteiger partial charge in [-0.25, -0.2) is 13.4 Å². The van der Waals surface area contributed by atoms with Crippen molar-refractivity contribution >= 4 is 32.2 Å². The molecule has 5 nitrogen and oxygen atoms in total. The van der Waals surface area contributed by atoms with Crippen LogP contribution in [0.4, 0.5) is 10.8 Å². The van der Waals surface area contributed by atoms with Gasteiger partial charge in [0.25, 0.3) is 10.0 Å². The van der Waals surface area contributed by atoms with Crippen molar-refractivity contribution in [3.05, 3.63) is 59.5 Å². The maximum Gasteiger partial charge on any atom is 0.263 e. The average molecular weight is 359 g/mol. The number of hydrogen-bond acceptors (Lipinski definition) is 5. The number of nitrogens with zero attached hydrogens (tertiary/aromatic N) is 1. The fourth-order valence-electron chi connectivity index (χ4n) is 2.23. The van der Waals surface area contributed by atoms with E-state index in [4.69, 9.17) is 5.73 Å². The van der Waals surface area contributed by atoms with Gasteiger partial charge in [0, 0.05) is 16.6 Å². The van der Waals surface area contributed by atoms with Gasteiger partial charge in [0.1, 0.15) is 0 Å². The highest BCUT2D eigenvalue weighted by molar-refractivity contribution is 7.93. The Morgan fingerprint density at radius 2 is 1.92 bits per heavy atom. The molecule has 2 aromatic carbocycles. The molecule has 0 fully saturated rings. The number of aryl methyl sites for hydroxylation is 1. The topological polar surface area (TPSA) is 85.1 Å². The van der Waals surface area contributed by atoms with Gasteiger partial charge in [-0.3, -0.25) is 4.72 Å². The Hall–Kier alpha value is -2.38. The van der Waals surface area contributed by atoms with Crippen LogP contribution in [0.2, 0.25) is 0 Å². The summed E-state index contributed by atoms with van der Waals surface area (Å²) in [6, 6.07) is 14.1. The molecule has 0 saturated carbocycles. The number of nitrogens with two attached hydrogens (primary N) is 1. The molecule has 124 valence electrons. The second kappa shape index (κ2) is 6.62. The van der Waals surface area contributed by atoms with Gasteiger partial charge in [-0.1, -0.05) is 31.2 Å². The van der Waals surface area contributed by atoms with Crippen LogP contribution in [-0.4, -0.2) is 13.4 Å². The molecule has 0 aliphatic heterocycles. The molecule has 3 aromatic rings. The molecule has 0 aliphatic carbocycles. The van der Waals surface area contributed by atoms with Gasteiger partial charge < -0.3 is 5.73 Å². The molecule has 0 unspecified atom stereocenters. The molecule has 0 atom stereocenters. The summed E-state index contributed by atoms with van der Waals surface area (Å²) in [5.41, 5.74) is 9.03. The normalized spacial score (nSPS) is 11.4. The largest absolute Gasteiger partial charge is 0.399 e. The number of nitrogens with one attached hydrogen (secondary N) is 1. The van der Waals surface area contributed by atoms with Crippen LogP contribution in [0.15, 0.2) is 58.8 Å². The molecule has 0 saturated heterocycles. The lowest BCUT2D eigenvalue weighted by Gasteiger charge is -2.06. The van der Waals surface area contributed by atoms with E-state index in [0.717, 1.165) is 17.5 Å². The zero-order chi connectivity index (χ0) is 17.2. The van der Waals surface area contributed by atoms with Crippen LogP contribution in [0.25, 0.3) is 11.3 Å². The predicted octanol–water partition coefficient (Wildman–Crippen LogP) is 3.76. The second-order valence-corrected chi connectivity index (χ2v) is 7.81. The number of rotatable bonds is 5. The third-order valence-corrected chi connectivity index (χ3v) is 5.79. The Morgan fingerprint density at radius 3 is 2.58 bits per heavy atom. The van der Waals surface area contributed by atoms with E-state index in [1.807, 2.05) is 31.2 Å². The molecular formula is C17H17N3O2S2. The van der Waals surface area contributed by atoms with Crippen LogP contribution in [0.1, 0.15) is 12.5 Å². The van der Waals surface area contributed by atoms with Gasteiger partial charge in [-0.05, 0) is 36.2 Å². The zero-order valence-corrected chi connectivity index (χ0v) is 14.7. The minimum absolute atomic E-state index is 0.223. The maximum absolute atomic E-state index is 12.4. The quantitative estimate of drug-likeness (QED) is 0.679. The van der Waals surface area contributed by atoms with E-state index in [0.29, 0.717) is 16.5 Å². The van der Waals surface area contributed by atoms with Crippen LogP contribution in [0.3, 0.4) is 0 Å². The number of nitrogen functional groups attached to an aromatic ring is 1. The van der Waals surface area contributed by atoms with Crippen molar-refractivity contribution in [1.82, 2.24) is 4.98 Å². The fraction of sp³-hybridized carbons (Fsp3) is 0.118. The highest BCUT2D eigenvalue weighted by Gasteiger charge is 2.16. The summed E-state index contributed by atoms with van der Waals surface area (Å²) >= 11 is 1.24. The van der Waals surface area contributed by atoms with Gasteiger partial charge in [0.2, 0.25) is 0 Å². The predicted molar refractivity (Wildman–Crippen MR) is 98.6 cm³/mol. The van der Waals surface area contributed by atoms with Crippen LogP contribution in [-0.2, 0) is 16.4 Å². The third kappa shape index (κ3) is 3.58. The summed E-state index contributed by atoms with van der Waals surface area (Å²) in [6.07, 6.45) is 0.865. The van der Waals surface area contributed by atoms with Crippen molar-refractivity contribution < 1.29 is 8.42 Å². The summed E-state index contributed by atoms with van der Waals surface area (Å²) in [5.74, 6) is 0. The molecule has 3 N–H and O–H groups in total. The van der Waals surface area contributed by atoms with E-state index in [2.05, 4.69) is 9.71 Å². The first kappa shape index (κ1) is 16.5. The molecular weight excluding hydrogens is 342 g/mol. The lowest BCUT2D eigenvalue weighted by molar-refractivity contribution is 0.601. The standard InChI is InChI=1S/C17H17N3O2S2/c1-2-12-6-8-15(9-7-12)24(21,22)20-17-19-16(11-23-17)13-4-3-5-14(18)10-13/h3-11H,2,18H2,1H3,(H,19,20). The molecule has 1 aromatic heterocycles. The van der Waals surface area contributed by atoms with Crippen molar-refractivity contribution in [3.63, 3.8) is 0 Å². The lowest BCUT2D eigenvalue weighted by Crippen LogP contribution is -2.12. The smallest absolute Gasteiger partial charge is 0.263 e. The first-order valence-electron chi connectivity index (χ1n) is 7.41. The third-order valence-electron chi connectivity index (χ3n) is 3.55. The van der Waals surface area contributed by atoms with Gasteiger partial charge in [-0.2, -0.15) is 0 Å². The summed E-state index contributed by atoms with van der Waals surface area (Å²) in [7, 11) is -3.64. The Kier molecular flexibility index (Phi) is 4.55. The van der Waals surface area contributed by atoms with Gasteiger partial charge in [0.15, 0.2) is 5.13 Å². The van der Waals surface area contributed by atoms with E-state index in [9.17, 15) is 8.42 Å². The minimum Gasteiger partial charge on any atom is -0.399 e. The summed E-state index contributed by atoms with van der Waals surface area (Å²) < 4.78 is 27.4. The summed E-state index contributed by atoms with van der Waals surface area (Å²) in [6.45, 7) is 2.02. The van der Waals surface area contributed by atoms with Gasteiger partial charge >= 0.3 is 0 Å². The Bertz CT molecular complexity index is 948. The molecule has 7 heteroatoms. The maximum atomic E-state index is 12.4. The molecule has 0 amide bonds. The highest BCUT2D eigenvalue weighted by atomic mass is 32.2. The minimum atomic E-state index is -3.64. The lowest BCUT2D eigenvalue weighted by atomic mass is 10.1. The number of thiazole rings is 1. The number of aromatic nitrogens is 1. The fourth-order valence-corrected chi connectivity index (χ4v) is 4.20. The highest BCUT2D eigenvalue weighted by Crippen LogP contribution is 2.27. The molecule has 0 radical (unpaired) electrons. The second-order valence-electron chi connectivity index (χ2n) is 5.27. The molecule has 1 heterocycles. The average Bonchev–Trinajstić information content (AvgIpc) is 3.03. The van der Waals surface area contributed by atoms with Crippen LogP contribution in [0, 0.1) is 0 Å². The number of anilines is 2. The van der Waals surface area contributed by atoms with Crippen molar-refractivity contribution in [3.8, 4) is 11.3 Å². The van der Waals surface area contributed by atoms with Crippen molar-refractivity contribution in [1.29, 1.82) is 0 Å². The Labute approximate surface area is 145 Å². The summed E-state index contributed by atoms with van der Waals surface area (Å²) in [4.78, 5) is 4.56. The van der Waals surface area contributed by atoms with Gasteiger partial charge in [-0.15, -0.1) is 11.3 Å². The van der Waals surface area contributed by atoms with E-state index >= 15 is 0 Å². The van der Waals surface area contributed by atoms with Crippen molar-refractivity contribution in [2.45, 2.75) is 18.2 Å². The molecule has 3 rings (SSSR count). The Morgan fingerprint density at radius 1 is 1.17 bits per heavy atom. The molecule has 24 heavy (non-hydrogen) atoms. The first-order chi connectivity index (χ1) is 11.5. The van der Waals surface area contributed by atoms with Crippen molar-refractivity contribution in [2.24, 2.45) is 0 Å². The molecule has 0 bridgehead atoms. The SMILES string of the molecule is CCc1ccc(S(=O)(=O)Nc2nc(-c3cccc(N)c3)cs2)cc1. The van der Waals surface area contributed by atoms with E-state index in [1.54, 1.807) is 29.6 Å². The van der Waals surface area contributed by atoms with E-state index < -0.39 is 10.0 Å². The molecule has 0 spiro atoms. The molecule has 0 aliphatic rings. The van der Waals surface area contributed by atoms with Crippen LogP contribution >= 0.6 is 11.3 Å². The van der Waals surface area contributed by atoms with Crippen LogP contribution < -0.4 is 10.5 Å². The number of hydrogen-bond donors (Lipinski definition) is 2. The van der Waals surface area contributed by atoms with E-state index in [1.165, 1.54) is 11.3 Å². The van der Waals surface area contributed by atoms with Crippen LogP contribution in [0.5, 0.6) is 0 Å². The Balaban J connectivity index is 1.83. The first-order valence-corrected chi connectivity index (χ1v) is 9.77. The number of benzene rings is 2. The van der Waals surface area contributed by atoms with Gasteiger partial charge in [0.05, 0.1) is 10.6 Å². The summed E-state index contributed by atoms with van der Waals surface area (Å²) in [5, 5.41) is 2.12.